The van der Waals surface area contributed by atoms with E-state index in [1.54, 1.807) is 31.2 Å². The fourth-order valence-corrected chi connectivity index (χ4v) is 12.3. The van der Waals surface area contributed by atoms with E-state index in [4.69, 9.17) is 16.2 Å². The van der Waals surface area contributed by atoms with E-state index in [0.717, 1.165) is 30.4 Å². The number of ketones is 5. The summed E-state index contributed by atoms with van der Waals surface area (Å²) in [6.45, 7) is 25.4. The number of urea groups is 2. The molecule has 8 N–H and O–H groups in total. The van der Waals surface area contributed by atoms with Gasteiger partial charge in [-0.15, -0.1) is 0 Å². The van der Waals surface area contributed by atoms with Crippen LogP contribution >= 0.6 is 0 Å². The highest BCUT2D eigenvalue weighted by atomic mass is 16.5. The quantitative estimate of drug-likeness (QED) is 0.0202. The molecule has 102 heavy (non-hydrogen) atoms. The molecular formula is C76H123N9O17. The van der Waals surface area contributed by atoms with Crippen LogP contribution in [-0.4, -0.2) is 154 Å². The third-order valence-corrected chi connectivity index (χ3v) is 18.8. The first kappa shape index (κ1) is 92.0. The van der Waals surface area contributed by atoms with Crippen molar-refractivity contribution in [2.75, 3.05) is 32.7 Å². The Hall–Kier alpha value is -8.06. The number of amides is 12. The highest BCUT2D eigenvalue weighted by molar-refractivity contribution is 6.05. The maximum atomic E-state index is 13.4. The van der Waals surface area contributed by atoms with Crippen molar-refractivity contribution in [3.05, 3.63) is 35.4 Å². The van der Waals surface area contributed by atoms with E-state index >= 15 is 0 Å². The summed E-state index contributed by atoms with van der Waals surface area (Å²) in [6.07, 6.45) is 10.2. The minimum atomic E-state index is -0.833. The van der Waals surface area contributed by atoms with Gasteiger partial charge in [-0.3, -0.25) is 77.0 Å². The minimum Gasteiger partial charge on any atom is -0.461 e. The van der Waals surface area contributed by atoms with Crippen molar-refractivity contribution < 1.29 is 81.4 Å². The number of nitrogens with zero attached hydrogens (tertiary/aromatic N) is 3. The molecule has 0 spiro atoms. The molecule has 12 amide bonds. The van der Waals surface area contributed by atoms with Crippen molar-refractivity contribution in [3.8, 4) is 0 Å². The zero-order valence-corrected chi connectivity index (χ0v) is 62.5. The molecule has 0 aliphatic carbocycles. The first-order valence-corrected chi connectivity index (χ1v) is 36.4. The zero-order chi connectivity index (χ0) is 76.2. The molecule has 1 aromatic rings. The SMILES string of the molecule is C.CC(=O)CCCCCN1C(=O)CC(C(C)C)C1=O.CC(=O)OCc1ccc(CC(=O)[C@H](CCCNC(N)=O)NC(=O)[C@@H](CC(=O)CCCCCN2C(=O)CC(C(C)C)C2=O)C(C)C)cc1.CC(=O)[C@H](CCCNC(N)=O)NC(=O)[C@@H](CC(=O)CCCCCN1C(=O)CC(C(C)C)C1=O)C(C)C. The van der Waals surface area contributed by atoms with Crippen molar-refractivity contribution in [2.45, 2.75) is 257 Å². The molecule has 3 aliphatic rings. The van der Waals surface area contributed by atoms with Gasteiger partial charge in [0.15, 0.2) is 11.6 Å². The van der Waals surface area contributed by atoms with Crippen LogP contribution in [0, 0.1) is 59.2 Å². The first-order chi connectivity index (χ1) is 47.5. The van der Waals surface area contributed by atoms with E-state index < -0.39 is 36.0 Å². The van der Waals surface area contributed by atoms with Crippen LogP contribution in [0.5, 0.6) is 0 Å². The van der Waals surface area contributed by atoms with E-state index in [1.807, 2.05) is 69.2 Å². The second-order valence-corrected chi connectivity index (χ2v) is 29.0. The minimum absolute atomic E-state index is 0. The number of imide groups is 3. The zero-order valence-electron chi connectivity index (χ0n) is 62.5. The maximum Gasteiger partial charge on any atom is 0.312 e. The van der Waals surface area contributed by atoms with Crippen LogP contribution in [0.4, 0.5) is 9.59 Å². The Morgan fingerprint density at radius 2 is 0.814 bits per heavy atom. The monoisotopic (exact) mass is 1430 g/mol. The molecule has 0 aromatic heterocycles. The number of ether oxygens (including phenoxy) is 1. The van der Waals surface area contributed by atoms with Crippen LogP contribution in [0.2, 0.25) is 0 Å². The summed E-state index contributed by atoms with van der Waals surface area (Å²) in [5.74, 6) is -3.43. The smallest absolute Gasteiger partial charge is 0.312 e. The third-order valence-electron chi connectivity index (χ3n) is 18.8. The molecule has 0 radical (unpaired) electrons. The molecule has 0 saturated carbocycles. The van der Waals surface area contributed by atoms with Gasteiger partial charge in [0.25, 0.3) is 0 Å². The normalized spacial score (nSPS) is 17.0. The van der Waals surface area contributed by atoms with Crippen LogP contribution in [0.15, 0.2) is 24.3 Å². The Labute approximate surface area is 605 Å². The number of carbonyl (C=O) groups is 16. The summed E-state index contributed by atoms with van der Waals surface area (Å²) in [5, 5.41) is 10.6. The number of likely N-dealkylation sites (tertiary alicyclic amines) is 3. The van der Waals surface area contributed by atoms with Gasteiger partial charge < -0.3 is 42.3 Å². The number of benzene rings is 1. The molecular weight excluding hydrogens is 1310 g/mol. The lowest BCUT2D eigenvalue weighted by atomic mass is 9.88. The highest BCUT2D eigenvalue weighted by Gasteiger charge is 2.42. The molecule has 7 atom stereocenters. The number of hydrogen-bond acceptors (Lipinski definition) is 17. The molecule has 574 valence electrons. The molecule has 4 rings (SSSR count). The maximum absolute atomic E-state index is 13.4. The Balaban J connectivity index is 0.000000833. The van der Waals surface area contributed by atoms with Crippen molar-refractivity contribution in [3.63, 3.8) is 0 Å². The summed E-state index contributed by atoms with van der Waals surface area (Å²) in [5.41, 5.74) is 11.7. The molecule has 3 heterocycles. The van der Waals surface area contributed by atoms with Gasteiger partial charge in [0, 0.05) is 127 Å². The van der Waals surface area contributed by atoms with Gasteiger partial charge in [0.1, 0.15) is 24.0 Å². The standard InChI is InChI=1S/C35H52N4O8.C26H44N4O6.C14H23NO3.CH4/c1-22(2)28(19-27(41)10-7-6-8-17-39-32(43)20-29(23(3)4)34(39)45)33(44)38-30(11-9-16-37-35(36)46)31(42)18-25-12-14-26(15-13-25)21-47-24(5)40;1-16(2)20(24(34)29-22(18(5)31)11-9-12-28-26(27)36)14-19(32)10-7-6-8-13-30-23(33)15-21(17(3)4)25(30)35;1-10(2)12-9-13(17)15(14(12)18)8-6-4-5-7-11(3)16;/h12-15,22-23,28-30H,6-11,16-21H2,1-5H3,(H,38,44)(H3,36,37,46);16-17,20-22H,6-15H2,1-5H3,(H,29,34)(H3,27,28,36);10,12H,4-9H2,1-3H3;1H4/t28-,29?,30-;20-,21?,22-;;/m00../s1. The molecule has 3 aliphatic heterocycles. The third kappa shape index (κ3) is 34.3. The van der Waals surface area contributed by atoms with Crippen LogP contribution < -0.4 is 32.7 Å². The molecule has 26 heteroatoms. The molecule has 3 saturated heterocycles. The van der Waals surface area contributed by atoms with Gasteiger partial charge in [-0.25, -0.2) is 9.59 Å². The van der Waals surface area contributed by atoms with Gasteiger partial charge in [0.05, 0.1) is 12.1 Å². The van der Waals surface area contributed by atoms with Gasteiger partial charge >= 0.3 is 18.0 Å². The van der Waals surface area contributed by atoms with Crippen molar-refractivity contribution >= 4 is 94.2 Å². The van der Waals surface area contributed by atoms with E-state index in [1.165, 1.54) is 28.5 Å². The lowest BCUT2D eigenvalue weighted by Gasteiger charge is -2.24. The predicted octanol–water partition coefficient (Wildman–Crippen LogP) is 8.75. The van der Waals surface area contributed by atoms with Gasteiger partial charge in [-0.1, -0.05) is 120 Å². The van der Waals surface area contributed by atoms with E-state index in [2.05, 4.69) is 21.3 Å². The fraction of sp³-hybridized carbons (Fsp3) is 0.711. The van der Waals surface area contributed by atoms with Gasteiger partial charge in [-0.05, 0) is 119 Å². The largest absolute Gasteiger partial charge is 0.461 e. The van der Waals surface area contributed by atoms with Crippen molar-refractivity contribution in [2.24, 2.45) is 70.6 Å². The number of unbranched alkanes of at least 4 members (excludes halogenated alkanes) is 6. The topological polar surface area (TPSA) is 392 Å². The second kappa shape index (κ2) is 48.0. The van der Waals surface area contributed by atoms with Crippen LogP contribution in [0.25, 0.3) is 0 Å². The molecule has 26 nitrogen and oxygen atoms in total. The van der Waals surface area contributed by atoms with Crippen LogP contribution in [0.3, 0.4) is 0 Å². The number of rotatable bonds is 45. The Kier molecular flexibility index (Phi) is 43.3. The lowest BCUT2D eigenvalue weighted by Crippen LogP contribution is -2.46. The number of primary amides is 2. The average Bonchev–Trinajstić information content (AvgIpc) is 1.68. The highest BCUT2D eigenvalue weighted by Crippen LogP contribution is 2.30. The van der Waals surface area contributed by atoms with Crippen molar-refractivity contribution in [1.82, 2.24) is 36.0 Å². The molecule has 3 fully saturated rings. The number of carbonyl (C=O) groups excluding carboxylic acids is 16. The molecule has 3 unspecified atom stereocenters. The predicted molar refractivity (Wildman–Crippen MR) is 387 cm³/mol. The number of esters is 1. The van der Waals surface area contributed by atoms with E-state index in [0.29, 0.717) is 103 Å². The van der Waals surface area contributed by atoms with E-state index in [-0.39, 0.29) is 195 Å². The molecule has 1 aromatic carbocycles. The Bertz CT molecular complexity index is 2980. The fourth-order valence-electron chi connectivity index (χ4n) is 12.3. The summed E-state index contributed by atoms with van der Waals surface area (Å²) >= 11 is 0. The summed E-state index contributed by atoms with van der Waals surface area (Å²) in [4.78, 5) is 198. The average molecular weight is 1430 g/mol. The summed E-state index contributed by atoms with van der Waals surface area (Å²) in [7, 11) is 0. The number of nitrogens with two attached hydrogens (primary N) is 2. The van der Waals surface area contributed by atoms with Gasteiger partial charge in [0.2, 0.25) is 47.3 Å². The Morgan fingerprint density at radius 1 is 0.471 bits per heavy atom. The van der Waals surface area contributed by atoms with Gasteiger partial charge in [-0.2, -0.15) is 0 Å². The summed E-state index contributed by atoms with van der Waals surface area (Å²) < 4.78 is 5.00. The number of hydrogen-bond donors (Lipinski definition) is 6. The second-order valence-electron chi connectivity index (χ2n) is 29.0. The summed E-state index contributed by atoms with van der Waals surface area (Å²) in [6, 6.07) is 4.23. The van der Waals surface area contributed by atoms with E-state index in [9.17, 15) is 76.7 Å². The molecule has 0 bridgehead atoms. The van der Waals surface area contributed by atoms with Crippen molar-refractivity contribution in [1.29, 1.82) is 0 Å². The number of nitrogens with one attached hydrogen (secondary N) is 4. The first-order valence-electron chi connectivity index (χ1n) is 36.4. The lowest BCUT2D eigenvalue weighted by molar-refractivity contribution is -0.142. The van der Waals surface area contributed by atoms with Crippen LogP contribution in [-0.2, 0) is 84.9 Å². The Morgan fingerprint density at radius 3 is 1.13 bits per heavy atom. The van der Waals surface area contributed by atoms with Crippen LogP contribution in [0.1, 0.15) is 243 Å². The number of Topliss-reactive ketones (excluding diaryl/α,β-unsaturated/α-hetero) is 5.